The lowest BCUT2D eigenvalue weighted by Gasteiger charge is -2.06. The lowest BCUT2D eigenvalue weighted by atomic mass is 10.1. The number of nitro benzene ring substituents is 1. The van der Waals surface area contributed by atoms with Gasteiger partial charge in [0.2, 0.25) is 0 Å². The maximum Gasteiger partial charge on any atom is 0.339 e. The summed E-state index contributed by atoms with van der Waals surface area (Å²) in [7, 11) is 0. The van der Waals surface area contributed by atoms with E-state index in [-0.39, 0.29) is 22.2 Å². The number of halogens is 1. The zero-order valence-electron chi connectivity index (χ0n) is 9.18. The Balaban J connectivity index is 3.45. The van der Waals surface area contributed by atoms with Gasteiger partial charge in [-0.2, -0.15) is 0 Å². The number of esters is 1. The second-order valence-corrected chi connectivity index (χ2v) is 3.93. The summed E-state index contributed by atoms with van der Waals surface area (Å²) in [5.74, 6) is -2.19. The predicted molar refractivity (Wildman–Crippen MR) is 63.7 cm³/mol. The zero-order chi connectivity index (χ0) is 13.9. The number of carboxylic acid groups (broad SMARTS) is 1. The molecule has 0 heterocycles. The molecule has 7 nitrogen and oxygen atoms in total. The first-order valence-electron chi connectivity index (χ1n) is 4.76. The molecule has 0 saturated heterocycles. The van der Waals surface area contributed by atoms with E-state index in [1.54, 1.807) is 6.92 Å². The molecule has 0 aliphatic rings. The van der Waals surface area contributed by atoms with E-state index < -0.39 is 22.5 Å². The molecule has 0 aliphatic carbocycles. The molecule has 0 spiro atoms. The number of ether oxygens (including phenoxy) is 1. The van der Waals surface area contributed by atoms with E-state index in [2.05, 4.69) is 15.9 Å². The highest BCUT2D eigenvalue weighted by Gasteiger charge is 2.24. The number of nitro groups is 1. The Kier molecular flexibility index (Phi) is 4.38. The minimum Gasteiger partial charge on any atom is -0.478 e. The third kappa shape index (κ3) is 2.83. The van der Waals surface area contributed by atoms with Crippen LogP contribution in [0.15, 0.2) is 16.6 Å². The van der Waals surface area contributed by atoms with E-state index in [4.69, 9.17) is 9.84 Å². The van der Waals surface area contributed by atoms with Crippen molar-refractivity contribution in [1.82, 2.24) is 0 Å². The van der Waals surface area contributed by atoms with Gasteiger partial charge in [0.1, 0.15) is 4.47 Å². The van der Waals surface area contributed by atoms with Gasteiger partial charge in [0.25, 0.3) is 5.69 Å². The number of hydrogen-bond acceptors (Lipinski definition) is 5. The van der Waals surface area contributed by atoms with Crippen molar-refractivity contribution in [3.8, 4) is 0 Å². The van der Waals surface area contributed by atoms with Crippen LogP contribution in [0.1, 0.15) is 27.6 Å². The molecule has 0 atom stereocenters. The van der Waals surface area contributed by atoms with Crippen LogP contribution in [0.3, 0.4) is 0 Å². The largest absolute Gasteiger partial charge is 0.478 e. The minimum absolute atomic E-state index is 0.0797. The van der Waals surface area contributed by atoms with Gasteiger partial charge in [-0.05, 0) is 28.9 Å². The van der Waals surface area contributed by atoms with Crippen molar-refractivity contribution >= 4 is 33.6 Å². The van der Waals surface area contributed by atoms with E-state index in [1.807, 2.05) is 0 Å². The Morgan fingerprint density at radius 2 is 2.11 bits per heavy atom. The van der Waals surface area contributed by atoms with Gasteiger partial charge in [-0.3, -0.25) is 10.1 Å². The van der Waals surface area contributed by atoms with Crippen LogP contribution in [-0.2, 0) is 4.74 Å². The molecular weight excluding hydrogens is 310 g/mol. The number of carbonyl (C=O) groups is 2. The quantitative estimate of drug-likeness (QED) is 0.518. The van der Waals surface area contributed by atoms with Crippen LogP contribution in [0.25, 0.3) is 0 Å². The van der Waals surface area contributed by atoms with Gasteiger partial charge in [0.05, 0.1) is 22.7 Å². The molecule has 0 unspecified atom stereocenters. The fourth-order valence-corrected chi connectivity index (χ4v) is 1.76. The number of hydrogen-bond donors (Lipinski definition) is 1. The highest BCUT2D eigenvalue weighted by molar-refractivity contribution is 9.10. The van der Waals surface area contributed by atoms with Crippen LogP contribution in [0.5, 0.6) is 0 Å². The van der Waals surface area contributed by atoms with Crippen molar-refractivity contribution in [3.05, 3.63) is 37.8 Å². The Morgan fingerprint density at radius 3 is 2.56 bits per heavy atom. The van der Waals surface area contributed by atoms with Gasteiger partial charge in [-0.25, -0.2) is 9.59 Å². The summed E-state index contributed by atoms with van der Waals surface area (Å²) < 4.78 is 4.59. The molecule has 8 heteroatoms. The van der Waals surface area contributed by atoms with Crippen molar-refractivity contribution < 1.29 is 24.4 Å². The Morgan fingerprint density at radius 1 is 1.50 bits per heavy atom. The molecule has 0 fully saturated rings. The lowest BCUT2D eigenvalue weighted by Crippen LogP contribution is -2.09. The number of aromatic carboxylic acids is 1. The van der Waals surface area contributed by atoms with Crippen molar-refractivity contribution in [2.75, 3.05) is 6.61 Å². The first-order chi connectivity index (χ1) is 8.38. The average Bonchev–Trinajstić information content (AvgIpc) is 2.28. The summed E-state index contributed by atoms with van der Waals surface area (Å²) in [4.78, 5) is 32.4. The monoisotopic (exact) mass is 317 g/mol. The number of benzene rings is 1. The van der Waals surface area contributed by atoms with Gasteiger partial charge >= 0.3 is 11.9 Å². The first-order valence-corrected chi connectivity index (χ1v) is 5.56. The van der Waals surface area contributed by atoms with Crippen LogP contribution in [0, 0.1) is 10.1 Å². The molecule has 1 rings (SSSR count). The molecule has 0 aliphatic heterocycles. The van der Waals surface area contributed by atoms with E-state index in [1.165, 1.54) is 0 Å². The predicted octanol–water partition coefficient (Wildman–Crippen LogP) is 2.23. The third-order valence-corrected chi connectivity index (χ3v) is 2.83. The van der Waals surface area contributed by atoms with Gasteiger partial charge in [0, 0.05) is 6.07 Å². The zero-order valence-corrected chi connectivity index (χ0v) is 10.8. The molecule has 1 aromatic carbocycles. The molecule has 0 bridgehead atoms. The van der Waals surface area contributed by atoms with E-state index in [0.717, 1.165) is 12.1 Å². The summed E-state index contributed by atoms with van der Waals surface area (Å²) >= 11 is 2.90. The van der Waals surface area contributed by atoms with E-state index in [9.17, 15) is 19.7 Å². The van der Waals surface area contributed by atoms with Crippen LogP contribution in [0.4, 0.5) is 5.69 Å². The molecule has 18 heavy (non-hydrogen) atoms. The summed E-state index contributed by atoms with van der Waals surface area (Å²) in [6.45, 7) is 1.65. The topological polar surface area (TPSA) is 107 Å². The Hall–Kier alpha value is -1.96. The van der Waals surface area contributed by atoms with Gasteiger partial charge < -0.3 is 9.84 Å². The number of rotatable bonds is 4. The first kappa shape index (κ1) is 14.1. The Bertz CT molecular complexity index is 527. The van der Waals surface area contributed by atoms with Gasteiger partial charge in [-0.15, -0.1) is 0 Å². The summed E-state index contributed by atoms with van der Waals surface area (Å²) in [5, 5.41) is 19.6. The van der Waals surface area contributed by atoms with Crippen molar-refractivity contribution in [2.45, 2.75) is 6.92 Å². The lowest BCUT2D eigenvalue weighted by molar-refractivity contribution is -0.385. The van der Waals surface area contributed by atoms with Crippen LogP contribution in [-0.4, -0.2) is 28.6 Å². The number of carboxylic acids is 1. The SMILES string of the molecule is CCOC(=O)c1cc(C(=O)O)cc([N+](=O)[O-])c1Br. The Labute approximate surface area is 110 Å². The number of carbonyl (C=O) groups excluding carboxylic acids is 1. The standard InChI is InChI=1S/C10H8BrNO6/c1-2-18-10(15)6-3-5(9(13)14)4-7(8(6)11)12(16)17/h3-4H,2H2,1H3,(H,13,14). The van der Waals surface area contributed by atoms with Crippen LogP contribution >= 0.6 is 15.9 Å². The van der Waals surface area contributed by atoms with Gasteiger partial charge in [-0.1, -0.05) is 0 Å². The smallest absolute Gasteiger partial charge is 0.339 e. The fraction of sp³-hybridized carbons (Fsp3) is 0.200. The van der Waals surface area contributed by atoms with Crippen LogP contribution < -0.4 is 0 Å². The maximum absolute atomic E-state index is 11.5. The third-order valence-electron chi connectivity index (χ3n) is 1.99. The van der Waals surface area contributed by atoms with E-state index in [0.29, 0.717) is 0 Å². The number of nitrogens with zero attached hydrogens (tertiary/aromatic N) is 1. The fourth-order valence-electron chi connectivity index (χ4n) is 1.22. The summed E-state index contributed by atoms with van der Waals surface area (Å²) in [6, 6.07) is 1.90. The maximum atomic E-state index is 11.5. The van der Waals surface area contributed by atoms with Gasteiger partial charge in [0.15, 0.2) is 0 Å². The molecular formula is C10H8BrNO6. The second-order valence-electron chi connectivity index (χ2n) is 3.14. The molecule has 0 aromatic heterocycles. The molecule has 0 saturated carbocycles. The average molecular weight is 318 g/mol. The highest BCUT2D eigenvalue weighted by atomic mass is 79.9. The van der Waals surface area contributed by atoms with Crippen molar-refractivity contribution in [1.29, 1.82) is 0 Å². The molecule has 0 amide bonds. The molecule has 96 valence electrons. The molecule has 0 radical (unpaired) electrons. The minimum atomic E-state index is -1.36. The molecule has 1 N–H and O–H groups in total. The normalized spacial score (nSPS) is 9.89. The highest BCUT2D eigenvalue weighted by Crippen LogP contribution is 2.30. The molecule has 1 aromatic rings. The summed E-state index contributed by atoms with van der Waals surface area (Å²) in [6.07, 6.45) is 0. The van der Waals surface area contributed by atoms with E-state index >= 15 is 0 Å². The summed E-state index contributed by atoms with van der Waals surface area (Å²) in [5.41, 5.74) is -1.05. The van der Waals surface area contributed by atoms with Crippen molar-refractivity contribution in [2.24, 2.45) is 0 Å². The second kappa shape index (κ2) is 5.58. The van der Waals surface area contributed by atoms with Crippen LogP contribution in [0.2, 0.25) is 0 Å². The van der Waals surface area contributed by atoms with Crippen molar-refractivity contribution in [3.63, 3.8) is 0 Å².